The summed E-state index contributed by atoms with van der Waals surface area (Å²) < 4.78 is 10.1. The zero-order chi connectivity index (χ0) is 71.6. The molecule has 2 aliphatic heterocycles. The molecule has 2 aliphatic carbocycles. The van der Waals surface area contributed by atoms with Crippen LogP contribution in [-0.4, -0.2) is 170 Å². The summed E-state index contributed by atoms with van der Waals surface area (Å²) in [5, 5.41) is 18.3. The number of likely N-dealkylation sites (N-methyl/N-ethyl adjacent to an activating group) is 2. The Morgan fingerprint density at radius 3 is 1.78 bits per heavy atom. The van der Waals surface area contributed by atoms with Gasteiger partial charge in [-0.25, -0.2) is 9.59 Å². The zero-order valence-electron chi connectivity index (χ0n) is 59.4. The molecule has 1 fully saturated rings. The maximum absolute atomic E-state index is 15.4. The number of benzene rings is 3. The van der Waals surface area contributed by atoms with Gasteiger partial charge in [0.25, 0.3) is 11.8 Å². The molecule has 0 unspecified atom stereocenters. The summed E-state index contributed by atoms with van der Waals surface area (Å²) in [7, 11) is 2.89. The van der Waals surface area contributed by atoms with Crippen molar-refractivity contribution in [2.24, 2.45) is 5.41 Å². The lowest BCUT2D eigenvalue weighted by atomic mass is 9.85. The van der Waals surface area contributed by atoms with E-state index in [1.54, 1.807) is 81.4 Å². The SMILES string of the molecule is C=C1/C=C\C=C/C[C@H](NC(=O)[C@@H]2C[C@H](NC(=O)c3ccc(C(=O)Nc4ccc5c(c4)CN(C(=O)[C@@H](NC(=O)[C@H](C)N(C)C(=O)OC(C)(C)C)C(C)(C)SC)[C@H](C(=O)N[C@@H]4CCCc6ccccc64)C5)cc3)CN2C(=O)[C@@H](NC(=O)[C@H](C)N(C)C(=O)OC(C)(C)C)C(C)(C)C)CCC1. The molecule has 526 valence electrons. The van der Waals surface area contributed by atoms with Crippen molar-refractivity contribution < 1.29 is 57.4 Å². The summed E-state index contributed by atoms with van der Waals surface area (Å²) in [5.41, 5.74) is 2.84. The first-order valence-electron chi connectivity index (χ1n) is 33.6. The van der Waals surface area contributed by atoms with E-state index in [9.17, 15) is 38.4 Å². The summed E-state index contributed by atoms with van der Waals surface area (Å²) in [6, 6.07) is 11.5. The van der Waals surface area contributed by atoms with E-state index in [0.29, 0.717) is 30.5 Å². The number of hydrogen-bond donors (Lipinski definition) is 6. The van der Waals surface area contributed by atoms with Gasteiger partial charge in [-0.2, -0.15) is 11.8 Å². The predicted molar refractivity (Wildman–Crippen MR) is 376 cm³/mol. The Balaban J connectivity index is 1.09. The smallest absolute Gasteiger partial charge is 0.410 e. The van der Waals surface area contributed by atoms with E-state index >= 15 is 9.59 Å². The topological polar surface area (TPSA) is 274 Å². The lowest BCUT2D eigenvalue weighted by Gasteiger charge is -2.42. The number of ether oxygens (including phenoxy) is 2. The zero-order valence-corrected chi connectivity index (χ0v) is 60.3. The average Bonchev–Trinajstić information content (AvgIpc) is 1.66. The molecular weight excluding hydrogens is 1250 g/mol. The van der Waals surface area contributed by atoms with Gasteiger partial charge in [-0.05, 0) is 191 Å². The van der Waals surface area contributed by atoms with Gasteiger partial charge in [0.1, 0.15) is 47.5 Å². The van der Waals surface area contributed by atoms with Gasteiger partial charge in [0, 0.05) is 67.3 Å². The van der Waals surface area contributed by atoms with E-state index in [-0.39, 0.29) is 55.0 Å². The van der Waals surface area contributed by atoms with Crippen molar-refractivity contribution in [1.29, 1.82) is 0 Å². The monoisotopic (exact) mass is 1350 g/mol. The number of carbonyl (C=O) groups excluding carboxylic acids is 10. The number of likely N-dealkylation sites (tertiary alicyclic amines) is 1. The first kappa shape index (κ1) is 75.9. The molecular formula is C74H102N10O12S. The maximum atomic E-state index is 15.4. The van der Waals surface area contributed by atoms with Crippen LogP contribution in [0.25, 0.3) is 0 Å². The molecule has 97 heavy (non-hydrogen) atoms. The molecule has 6 N–H and O–H groups in total. The summed E-state index contributed by atoms with van der Waals surface area (Å²) >= 11 is 1.36. The lowest BCUT2D eigenvalue weighted by Crippen LogP contribution is -2.63. The molecule has 10 amide bonds. The molecule has 0 saturated carbocycles. The number of nitrogens with zero attached hydrogens (tertiary/aromatic N) is 4. The molecule has 3 aromatic carbocycles. The van der Waals surface area contributed by atoms with E-state index in [1.165, 1.54) is 71.7 Å². The van der Waals surface area contributed by atoms with Gasteiger partial charge in [-0.1, -0.05) is 87.6 Å². The normalized spacial score (nSPS) is 20.9. The second kappa shape index (κ2) is 31.8. The molecule has 1 saturated heterocycles. The number of nitrogens with one attached hydrogen (secondary N) is 6. The Hall–Kier alpha value is -8.47. The number of rotatable bonds is 18. The van der Waals surface area contributed by atoms with Crippen LogP contribution in [0.1, 0.15) is 184 Å². The van der Waals surface area contributed by atoms with Crippen LogP contribution in [0.2, 0.25) is 0 Å². The molecule has 2 heterocycles. The fraction of sp³-hybridized carbons (Fsp3) is 0.541. The minimum atomic E-state index is -1.18. The maximum Gasteiger partial charge on any atom is 0.410 e. The van der Waals surface area contributed by atoms with Crippen molar-refractivity contribution in [3.8, 4) is 0 Å². The molecule has 23 heteroatoms. The number of hydrogen-bond acceptors (Lipinski definition) is 13. The van der Waals surface area contributed by atoms with Gasteiger partial charge in [-0.3, -0.25) is 48.2 Å². The van der Waals surface area contributed by atoms with Crippen LogP contribution in [-0.2, 0) is 57.6 Å². The van der Waals surface area contributed by atoms with Crippen LogP contribution >= 0.6 is 11.8 Å². The molecule has 9 atom stereocenters. The highest BCUT2D eigenvalue weighted by Crippen LogP contribution is 2.35. The average molecular weight is 1360 g/mol. The van der Waals surface area contributed by atoms with Crippen LogP contribution in [0.15, 0.2) is 103 Å². The molecule has 3 aromatic rings. The minimum Gasteiger partial charge on any atom is -0.444 e. The van der Waals surface area contributed by atoms with Gasteiger partial charge in [-0.15, -0.1) is 0 Å². The van der Waals surface area contributed by atoms with Crippen molar-refractivity contribution >= 4 is 76.9 Å². The first-order chi connectivity index (χ1) is 45.4. The summed E-state index contributed by atoms with van der Waals surface area (Å²) in [5.74, 6) is -4.08. The van der Waals surface area contributed by atoms with Crippen LogP contribution < -0.4 is 31.9 Å². The third-order valence-corrected chi connectivity index (χ3v) is 19.6. The van der Waals surface area contributed by atoms with E-state index in [1.807, 2.05) is 68.7 Å². The van der Waals surface area contributed by atoms with Gasteiger partial charge >= 0.3 is 12.2 Å². The summed E-state index contributed by atoms with van der Waals surface area (Å²) in [6.45, 7) is 26.4. The van der Waals surface area contributed by atoms with Crippen LogP contribution in [0, 0.1) is 5.41 Å². The highest BCUT2D eigenvalue weighted by Gasteiger charge is 2.48. The highest BCUT2D eigenvalue weighted by atomic mass is 32.2. The van der Waals surface area contributed by atoms with Crippen molar-refractivity contribution in [2.75, 3.05) is 32.2 Å². The van der Waals surface area contributed by atoms with Crippen molar-refractivity contribution in [3.05, 3.63) is 137 Å². The minimum absolute atomic E-state index is 0.0476. The van der Waals surface area contributed by atoms with Gasteiger partial charge in [0.2, 0.25) is 35.4 Å². The Labute approximate surface area is 576 Å². The van der Waals surface area contributed by atoms with Crippen LogP contribution in [0.5, 0.6) is 0 Å². The number of fused-ring (bicyclic) bond motifs is 2. The lowest BCUT2D eigenvalue weighted by molar-refractivity contribution is -0.145. The van der Waals surface area contributed by atoms with Gasteiger partial charge < -0.3 is 51.2 Å². The van der Waals surface area contributed by atoms with Gasteiger partial charge in [0.05, 0.1) is 6.04 Å². The molecule has 0 radical (unpaired) electrons. The van der Waals surface area contributed by atoms with Crippen molar-refractivity contribution in [2.45, 2.75) is 225 Å². The highest BCUT2D eigenvalue weighted by molar-refractivity contribution is 8.00. The fourth-order valence-electron chi connectivity index (χ4n) is 12.2. The molecule has 0 spiro atoms. The number of anilines is 1. The largest absolute Gasteiger partial charge is 0.444 e. The second-order valence-electron chi connectivity index (χ2n) is 29.6. The number of aryl methyl sites for hydroxylation is 1. The standard InChI is InChI=1S/C74H102N10O12S/c1-44-25-19-18-20-29-52(30-23-26-44)75-65(89)58-41-54(43-84(58)67(91)59(71(4,5)6)79-61(85)45(2)81(15)69(93)95-72(7,8)9)77-64(88)49-35-33-48(34-36-49)63(87)76-53-38-37-50-40-57(66(90)78-56-32-24-28-47-27-21-22-31-55(47)56)83(42-51(50)39-53)68(92)60(74(13,14)97-17)80-62(86)46(3)82(16)70(94)96-73(10,11)12/h18-22,25,27,31,33-39,45-46,52,54,56-60H,1,23-24,26,28-30,32,40-43H2,2-17H3,(H,75,89)(H,76,87)(H,77,88)(H,78,90)(H,79,85)(H,80,86)/b20-18-,25-19-/t45-,46-,52-,54-,56+,57-,58-,59+,60+/m0/s1. The molecule has 4 aliphatic rings. The second-order valence-corrected chi connectivity index (χ2v) is 31.1. The third kappa shape index (κ3) is 20.1. The van der Waals surface area contributed by atoms with Crippen LogP contribution in [0.4, 0.5) is 15.3 Å². The number of allylic oxidation sites excluding steroid dienone is 4. The van der Waals surface area contributed by atoms with Crippen molar-refractivity contribution in [3.63, 3.8) is 0 Å². The van der Waals surface area contributed by atoms with E-state index in [2.05, 4.69) is 44.5 Å². The quantitative estimate of drug-likeness (QED) is 0.0693. The van der Waals surface area contributed by atoms with Crippen LogP contribution in [0.3, 0.4) is 0 Å². The van der Waals surface area contributed by atoms with Gasteiger partial charge in [0.15, 0.2) is 0 Å². The Morgan fingerprint density at radius 2 is 1.19 bits per heavy atom. The third-order valence-electron chi connectivity index (χ3n) is 18.3. The molecule has 22 nitrogen and oxygen atoms in total. The van der Waals surface area contributed by atoms with E-state index < -0.39 is 117 Å². The van der Waals surface area contributed by atoms with E-state index in [4.69, 9.17) is 9.47 Å². The summed E-state index contributed by atoms with van der Waals surface area (Å²) in [4.78, 5) is 148. The Morgan fingerprint density at radius 1 is 0.619 bits per heavy atom. The van der Waals surface area contributed by atoms with E-state index in [0.717, 1.165) is 52.8 Å². The molecule has 0 aromatic heterocycles. The fourth-order valence-corrected chi connectivity index (χ4v) is 12.6. The Bertz CT molecular complexity index is 3510. The number of carbonyl (C=O) groups is 10. The number of amides is 10. The predicted octanol–water partition coefficient (Wildman–Crippen LogP) is 9.48. The number of thioether (sulfide) groups is 1. The van der Waals surface area contributed by atoms with Crippen molar-refractivity contribution in [1.82, 2.24) is 46.2 Å². The molecule has 0 bridgehead atoms. The molecule has 7 rings (SSSR count). The summed E-state index contributed by atoms with van der Waals surface area (Å²) in [6.07, 6.45) is 13.5. The Kier molecular flexibility index (Phi) is 24.9. The first-order valence-corrected chi connectivity index (χ1v) is 34.8.